The zero-order valence-corrected chi connectivity index (χ0v) is 20.4. The number of nitrogens with zero attached hydrogens (tertiary/aromatic N) is 2. The van der Waals surface area contributed by atoms with Crippen LogP contribution in [0.5, 0.6) is 11.5 Å². The average molecular weight is 502 g/mol. The minimum atomic E-state index is -0.421. The van der Waals surface area contributed by atoms with Crippen LogP contribution in [0.1, 0.15) is 55.1 Å². The second-order valence-corrected chi connectivity index (χ2v) is 9.48. The van der Waals surface area contributed by atoms with Gasteiger partial charge in [-0.2, -0.15) is 5.10 Å². The third-order valence-corrected chi connectivity index (χ3v) is 6.67. The van der Waals surface area contributed by atoms with Gasteiger partial charge in [0.1, 0.15) is 11.5 Å². The Balaban J connectivity index is 1.51. The lowest BCUT2D eigenvalue weighted by molar-refractivity contribution is -0.0189. The standard InChI is InChI=1S/C26H23Cl3N2O2/c1-2-3-12-32-20-10-6-17(7-11-20)26-31-24(21-13-19(28)14-22(29)25(21)33-26)15-23(30-31)16-4-8-18(27)9-5-16/h4-11,13-14,24,26H,2-3,12,15H2,1H3. The van der Waals surface area contributed by atoms with Gasteiger partial charge >= 0.3 is 0 Å². The van der Waals surface area contributed by atoms with Crippen molar-refractivity contribution >= 4 is 40.5 Å². The van der Waals surface area contributed by atoms with Gasteiger partial charge in [-0.15, -0.1) is 0 Å². The van der Waals surface area contributed by atoms with Crippen LogP contribution in [0.3, 0.4) is 0 Å². The Hall–Kier alpha value is -2.40. The van der Waals surface area contributed by atoms with Crippen LogP contribution in [0.15, 0.2) is 65.8 Å². The number of unbranched alkanes of at least 4 members (excludes halogenated alkanes) is 1. The Labute approximate surface area is 208 Å². The van der Waals surface area contributed by atoms with Crippen LogP contribution in [0.25, 0.3) is 0 Å². The number of fused-ring (bicyclic) bond motifs is 3. The second kappa shape index (κ2) is 9.46. The van der Waals surface area contributed by atoms with Crippen LogP contribution < -0.4 is 9.47 Å². The summed E-state index contributed by atoms with van der Waals surface area (Å²) < 4.78 is 12.2. The number of hydrazone groups is 1. The average Bonchev–Trinajstić information content (AvgIpc) is 3.26. The SMILES string of the molecule is CCCCOc1ccc(C2Oc3c(Cl)cc(Cl)cc3C3CC(c4ccc(Cl)cc4)=NN32)cc1. The Morgan fingerprint density at radius 3 is 2.48 bits per heavy atom. The molecule has 5 rings (SSSR count). The molecule has 4 nitrogen and oxygen atoms in total. The van der Waals surface area contributed by atoms with E-state index >= 15 is 0 Å². The molecule has 3 aromatic rings. The normalized spacial score (nSPS) is 18.9. The summed E-state index contributed by atoms with van der Waals surface area (Å²) in [5.41, 5.74) is 3.91. The van der Waals surface area contributed by atoms with Crippen LogP contribution in [0.2, 0.25) is 15.1 Å². The van der Waals surface area contributed by atoms with Gasteiger partial charge in [0.15, 0.2) is 0 Å². The van der Waals surface area contributed by atoms with E-state index in [2.05, 4.69) is 6.92 Å². The fraction of sp³-hybridized carbons (Fsp3) is 0.269. The molecule has 2 heterocycles. The molecule has 0 N–H and O–H groups in total. The molecule has 2 unspecified atom stereocenters. The molecule has 0 aromatic heterocycles. The molecule has 3 aromatic carbocycles. The molecule has 0 saturated heterocycles. The Kier molecular flexibility index (Phi) is 6.42. The molecule has 170 valence electrons. The zero-order valence-electron chi connectivity index (χ0n) is 18.1. The Morgan fingerprint density at radius 2 is 1.76 bits per heavy atom. The molecular formula is C26H23Cl3N2O2. The van der Waals surface area contributed by atoms with E-state index in [1.165, 1.54) is 0 Å². The van der Waals surface area contributed by atoms with Crippen LogP contribution in [0, 0.1) is 0 Å². The summed E-state index contributed by atoms with van der Waals surface area (Å²) in [5.74, 6) is 1.50. The molecule has 2 atom stereocenters. The van der Waals surface area contributed by atoms with Gasteiger partial charge in [-0.05, 0) is 60.5 Å². The van der Waals surface area contributed by atoms with E-state index in [1.54, 1.807) is 6.07 Å². The van der Waals surface area contributed by atoms with Crippen LogP contribution in [-0.2, 0) is 0 Å². The second-order valence-electron chi connectivity index (χ2n) is 8.20. The first-order valence-corrected chi connectivity index (χ1v) is 12.2. The van der Waals surface area contributed by atoms with Crippen LogP contribution >= 0.6 is 34.8 Å². The Morgan fingerprint density at radius 1 is 1.00 bits per heavy atom. The summed E-state index contributed by atoms with van der Waals surface area (Å²) in [5, 5.41) is 8.75. The molecular weight excluding hydrogens is 479 g/mol. The van der Waals surface area contributed by atoms with Crippen molar-refractivity contribution in [2.24, 2.45) is 5.10 Å². The minimum absolute atomic E-state index is 0.0406. The molecule has 0 fully saturated rings. The van der Waals surface area contributed by atoms with Gasteiger partial charge in [-0.3, -0.25) is 0 Å². The van der Waals surface area contributed by atoms with E-state index in [1.807, 2.05) is 59.6 Å². The minimum Gasteiger partial charge on any atom is -0.494 e. The lowest BCUT2D eigenvalue weighted by atomic mass is 9.96. The van der Waals surface area contributed by atoms with E-state index in [0.717, 1.165) is 41.0 Å². The summed E-state index contributed by atoms with van der Waals surface area (Å²) >= 11 is 19.0. The third-order valence-electron chi connectivity index (χ3n) is 5.92. The van der Waals surface area contributed by atoms with Crippen LogP contribution in [0.4, 0.5) is 0 Å². The quantitative estimate of drug-likeness (QED) is 0.320. The number of ether oxygens (including phenoxy) is 2. The van der Waals surface area contributed by atoms with E-state index in [9.17, 15) is 0 Å². The molecule has 0 radical (unpaired) electrons. The molecule has 0 amide bonds. The van der Waals surface area contributed by atoms with E-state index in [4.69, 9.17) is 49.4 Å². The number of hydrogen-bond donors (Lipinski definition) is 0. The number of benzene rings is 3. The highest BCUT2D eigenvalue weighted by Gasteiger charge is 2.42. The highest BCUT2D eigenvalue weighted by molar-refractivity contribution is 6.35. The zero-order chi connectivity index (χ0) is 22.9. The van der Waals surface area contributed by atoms with Crippen molar-refractivity contribution in [3.8, 4) is 11.5 Å². The van der Waals surface area contributed by atoms with Gasteiger partial charge in [-0.1, -0.05) is 60.3 Å². The monoisotopic (exact) mass is 500 g/mol. The topological polar surface area (TPSA) is 34.1 Å². The molecule has 7 heteroatoms. The molecule has 0 spiro atoms. The van der Waals surface area contributed by atoms with E-state index < -0.39 is 6.23 Å². The fourth-order valence-corrected chi connectivity index (χ4v) is 4.89. The van der Waals surface area contributed by atoms with Crippen molar-refractivity contribution in [3.63, 3.8) is 0 Å². The van der Waals surface area contributed by atoms with Crippen molar-refractivity contribution in [2.75, 3.05) is 6.61 Å². The highest BCUT2D eigenvalue weighted by atomic mass is 35.5. The van der Waals surface area contributed by atoms with Crippen molar-refractivity contribution < 1.29 is 9.47 Å². The lowest BCUT2D eigenvalue weighted by Crippen LogP contribution is -2.33. The first-order chi connectivity index (χ1) is 16.0. The van der Waals surface area contributed by atoms with Crippen LogP contribution in [-0.4, -0.2) is 17.3 Å². The first kappa shape index (κ1) is 22.4. The van der Waals surface area contributed by atoms with Crippen molar-refractivity contribution in [3.05, 3.63) is 92.4 Å². The summed E-state index contributed by atoms with van der Waals surface area (Å²) in [7, 11) is 0. The predicted octanol–water partition coefficient (Wildman–Crippen LogP) is 8.07. The predicted molar refractivity (Wildman–Crippen MR) is 134 cm³/mol. The van der Waals surface area contributed by atoms with Gasteiger partial charge in [0.2, 0.25) is 6.23 Å². The van der Waals surface area contributed by atoms with Gasteiger partial charge in [0.05, 0.1) is 23.4 Å². The maximum absolute atomic E-state index is 6.56. The highest BCUT2D eigenvalue weighted by Crippen LogP contribution is 2.50. The summed E-state index contributed by atoms with van der Waals surface area (Å²) in [6, 6.07) is 19.3. The summed E-state index contributed by atoms with van der Waals surface area (Å²) in [6.45, 7) is 2.86. The van der Waals surface area contributed by atoms with E-state index in [0.29, 0.717) is 33.8 Å². The van der Waals surface area contributed by atoms with E-state index in [-0.39, 0.29) is 6.04 Å². The van der Waals surface area contributed by atoms with Gasteiger partial charge in [0.25, 0.3) is 0 Å². The molecule has 0 saturated carbocycles. The smallest absolute Gasteiger partial charge is 0.213 e. The number of halogens is 3. The fourth-order valence-electron chi connectivity index (χ4n) is 4.21. The molecule has 0 aliphatic carbocycles. The van der Waals surface area contributed by atoms with Gasteiger partial charge < -0.3 is 9.47 Å². The molecule has 2 aliphatic rings. The van der Waals surface area contributed by atoms with Gasteiger partial charge in [-0.25, -0.2) is 5.01 Å². The van der Waals surface area contributed by atoms with Crippen molar-refractivity contribution in [1.82, 2.24) is 5.01 Å². The largest absolute Gasteiger partial charge is 0.494 e. The Bertz CT molecular complexity index is 1180. The molecule has 2 aliphatic heterocycles. The van der Waals surface area contributed by atoms with Gasteiger partial charge in [0, 0.05) is 27.6 Å². The molecule has 0 bridgehead atoms. The summed E-state index contributed by atoms with van der Waals surface area (Å²) in [4.78, 5) is 0. The van der Waals surface area contributed by atoms with Crippen molar-refractivity contribution in [1.29, 1.82) is 0 Å². The first-order valence-electron chi connectivity index (χ1n) is 11.0. The number of hydrogen-bond acceptors (Lipinski definition) is 4. The van der Waals surface area contributed by atoms with Crippen molar-refractivity contribution in [2.45, 2.75) is 38.5 Å². The number of rotatable bonds is 6. The maximum atomic E-state index is 6.56. The summed E-state index contributed by atoms with van der Waals surface area (Å²) in [6.07, 6.45) is 2.42. The maximum Gasteiger partial charge on any atom is 0.213 e. The lowest BCUT2D eigenvalue weighted by Gasteiger charge is -2.38. The third kappa shape index (κ3) is 4.52. The molecule has 33 heavy (non-hydrogen) atoms.